The Morgan fingerprint density at radius 3 is 2.95 bits per heavy atom. The molecule has 1 saturated heterocycles. The molecule has 2 aromatic rings. The second-order valence-corrected chi connectivity index (χ2v) is 7.30. The molecular weight excluding hydrogens is 320 g/mol. The van der Waals surface area contributed by atoms with Gasteiger partial charge in [0.05, 0.1) is 0 Å². The van der Waals surface area contributed by atoms with Crippen molar-refractivity contribution in [1.29, 1.82) is 0 Å². The maximum atomic E-state index is 3.62. The van der Waals surface area contributed by atoms with Crippen LogP contribution >= 0.6 is 27.3 Å². The fourth-order valence-electron chi connectivity index (χ4n) is 2.63. The van der Waals surface area contributed by atoms with Gasteiger partial charge in [-0.05, 0) is 62.0 Å². The second-order valence-electron chi connectivity index (χ2n) is 5.22. The number of rotatable bonds is 4. The van der Waals surface area contributed by atoms with Crippen molar-refractivity contribution in [2.75, 3.05) is 19.6 Å². The number of piperidine rings is 1. The van der Waals surface area contributed by atoms with Crippen molar-refractivity contribution in [3.63, 3.8) is 0 Å². The Kier molecular flexibility index (Phi) is 4.53. The van der Waals surface area contributed by atoms with Gasteiger partial charge in [0.1, 0.15) is 0 Å². The van der Waals surface area contributed by atoms with Gasteiger partial charge in [-0.15, -0.1) is 11.3 Å². The number of benzene rings is 1. The zero-order valence-corrected chi connectivity index (χ0v) is 13.3. The Bertz CT molecular complexity index is 546. The molecule has 1 aromatic carbocycles. The molecule has 0 atom stereocenters. The Morgan fingerprint density at radius 1 is 1.26 bits per heavy atom. The smallest absolute Gasteiger partial charge is 0.0357 e. The number of thiophene rings is 1. The summed E-state index contributed by atoms with van der Waals surface area (Å²) >= 11 is 5.42. The minimum Gasteiger partial charge on any atom is -0.317 e. The third-order valence-electron chi connectivity index (χ3n) is 3.72. The van der Waals surface area contributed by atoms with Crippen LogP contribution in [0.5, 0.6) is 0 Å². The highest BCUT2D eigenvalue weighted by molar-refractivity contribution is 9.10. The summed E-state index contributed by atoms with van der Waals surface area (Å²) in [7, 11) is 0. The highest BCUT2D eigenvalue weighted by Gasteiger charge is 2.12. The first-order chi connectivity index (χ1) is 9.31. The van der Waals surface area contributed by atoms with Crippen LogP contribution in [-0.2, 0) is 6.54 Å². The number of fused-ring (bicyclic) bond motifs is 1. The summed E-state index contributed by atoms with van der Waals surface area (Å²) in [6.45, 7) is 4.52. The molecule has 3 rings (SSSR count). The first-order valence-electron chi connectivity index (χ1n) is 6.91. The quantitative estimate of drug-likeness (QED) is 0.886. The number of nitrogens with one attached hydrogen (secondary N) is 2. The lowest BCUT2D eigenvalue weighted by Gasteiger charge is -2.22. The van der Waals surface area contributed by atoms with E-state index in [0.717, 1.165) is 23.5 Å². The number of halogens is 1. The van der Waals surface area contributed by atoms with E-state index in [0.29, 0.717) is 0 Å². The molecule has 0 spiro atoms. The lowest BCUT2D eigenvalue weighted by molar-refractivity contribution is 0.357. The van der Waals surface area contributed by atoms with E-state index in [-0.39, 0.29) is 0 Å². The van der Waals surface area contributed by atoms with E-state index in [9.17, 15) is 0 Å². The molecule has 19 heavy (non-hydrogen) atoms. The molecule has 2 N–H and O–H groups in total. The van der Waals surface area contributed by atoms with Crippen molar-refractivity contribution in [2.24, 2.45) is 5.92 Å². The zero-order valence-electron chi connectivity index (χ0n) is 10.9. The van der Waals surface area contributed by atoms with Crippen LogP contribution in [0.15, 0.2) is 28.7 Å². The maximum absolute atomic E-state index is 3.62. The van der Waals surface area contributed by atoms with Gasteiger partial charge in [-0.25, -0.2) is 0 Å². The van der Waals surface area contributed by atoms with Gasteiger partial charge in [0.25, 0.3) is 0 Å². The summed E-state index contributed by atoms with van der Waals surface area (Å²) in [4.78, 5) is 1.43. The SMILES string of the molecule is Brc1ccc2cc(CNCC3CCNCC3)sc2c1. The lowest BCUT2D eigenvalue weighted by atomic mass is 9.98. The van der Waals surface area contributed by atoms with Crippen LogP contribution in [0.2, 0.25) is 0 Å². The van der Waals surface area contributed by atoms with E-state index in [1.165, 1.54) is 40.9 Å². The first-order valence-corrected chi connectivity index (χ1v) is 8.51. The molecule has 0 unspecified atom stereocenters. The molecule has 0 saturated carbocycles. The van der Waals surface area contributed by atoms with Gasteiger partial charge in [0.15, 0.2) is 0 Å². The highest BCUT2D eigenvalue weighted by Crippen LogP contribution is 2.28. The van der Waals surface area contributed by atoms with Crippen LogP contribution in [0, 0.1) is 5.92 Å². The average molecular weight is 339 g/mol. The predicted octanol–water partition coefficient (Wildman–Crippen LogP) is 3.75. The summed E-state index contributed by atoms with van der Waals surface area (Å²) in [6.07, 6.45) is 2.62. The van der Waals surface area contributed by atoms with Crippen molar-refractivity contribution in [3.05, 3.63) is 33.6 Å². The highest BCUT2D eigenvalue weighted by atomic mass is 79.9. The molecule has 0 aliphatic carbocycles. The summed E-state index contributed by atoms with van der Waals surface area (Å²) in [5.41, 5.74) is 0. The van der Waals surface area contributed by atoms with E-state index >= 15 is 0 Å². The van der Waals surface area contributed by atoms with Crippen LogP contribution in [0.1, 0.15) is 17.7 Å². The molecule has 102 valence electrons. The van der Waals surface area contributed by atoms with Gasteiger partial charge >= 0.3 is 0 Å². The van der Waals surface area contributed by atoms with Gasteiger partial charge in [0, 0.05) is 20.6 Å². The van der Waals surface area contributed by atoms with Crippen molar-refractivity contribution < 1.29 is 0 Å². The molecule has 1 aromatic heterocycles. The molecule has 2 heterocycles. The van der Waals surface area contributed by atoms with Crippen molar-refractivity contribution in [1.82, 2.24) is 10.6 Å². The van der Waals surface area contributed by atoms with Crippen molar-refractivity contribution in [2.45, 2.75) is 19.4 Å². The van der Waals surface area contributed by atoms with Crippen LogP contribution in [0.3, 0.4) is 0 Å². The fourth-order valence-corrected chi connectivity index (χ4v) is 4.22. The minimum atomic E-state index is 0.852. The Balaban J connectivity index is 1.56. The van der Waals surface area contributed by atoms with E-state index in [4.69, 9.17) is 0 Å². The monoisotopic (exact) mass is 338 g/mol. The van der Waals surface area contributed by atoms with Crippen LogP contribution in [0.4, 0.5) is 0 Å². The largest absolute Gasteiger partial charge is 0.317 e. The first kappa shape index (κ1) is 13.6. The minimum absolute atomic E-state index is 0.852. The molecular formula is C15H19BrN2S. The normalized spacial score (nSPS) is 17.1. The fraction of sp³-hybridized carbons (Fsp3) is 0.467. The molecule has 2 nitrogen and oxygen atoms in total. The Hall–Kier alpha value is -0.420. The molecule has 1 aliphatic heterocycles. The summed E-state index contributed by atoms with van der Waals surface area (Å²) in [5.74, 6) is 0.852. The molecule has 1 aliphatic rings. The summed E-state index contributed by atoms with van der Waals surface area (Å²) < 4.78 is 2.53. The molecule has 1 fully saturated rings. The van der Waals surface area contributed by atoms with E-state index < -0.39 is 0 Å². The lowest BCUT2D eigenvalue weighted by Crippen LogP contribution is -2.33. The van der Waals surface area contributed by atoms with E-state index in [1.54, 1.807) is 0 Å². The van der Waals surface area contributed by atoms with Gasteiger partial charge < -0.3 is 10.6 Å². The van der Waals surface area contributed by atoms with E-state index in [2.05, 4.69) is 50.8 Å². The molecule has 4 heteroatoms. The van der Waals surface area contributed by atoms with Crippen molar-refractivity contribution >= 4 is 37.4 Å². The standard InChI is InChI=1S/C15H19BrN2S/c16-13-2-1-12-7-14(19-15(12)8-13)10-18-9-11-3-5-17-6-4-11/h1-2,7-8,11,17-18H,3-6,9-10H2. The number of hydrogen-bond acceptors (Lipinski definition) is 3. The van der Waals surface area contributed by atoms with Gasteiger partial charge in [-0.1, -0.05) is 22.0 Å². The molecule has 0 amide bonds. The Morgan fingerprint density at radius 2 is 2.11 bits per heavy atom. The predicted molar refractivity (Wildman–Crippen MR) is 86.8 cm³/mol. The average Bonchev–Trinajstić information content (AvgIpc) is 2.82. The summed E-state index contributed by atoms with van der Waals surface area (Å²) in [5, 5.41) is 8.39. The van der Waals surface area contributed by atoms with Gasteiger partial charge in [-0.3, -0.25) is 0 Å². The zero-order chi connectivity index (χ0) is 13.1. The van der Waals surface area contributed by atoms with Crippen molar-refractivity contribution in [3.8, 4) is 0 Å². The Labute approximate surface area is 126 Å². The van der Waals surface area contributed by atoms with E-state index in [1.807, 2.05) is 11.3 Å². The second kappa shape index (κ2) is 6.35. The van der Waals surface area contributed by atoms with Crippen LogP contribution in [-0.4, -0.2) is 19.6 Å². The maximum Gasteiger partial charge on any atom is 0.0357 e. The summed E-state index contributed by atoms with van der Waals surface area (Å²) in [6, 6.07) is 8.81. The third kappa shape index (κ3) is 3.57. The van der Waals surface area contributed by atoms with Crippen LogP contribution < -0.4 is 10.6 Å². The topological polar surface area (TPSA) is 24.1 Å². The number of hydrogen-bond donors (Lipinski definition) is 2. The molecule has 0 bridgehead atoms. The third-order valence-corrected chi connectivity index (χ3v) is 5.32. The van der Waals surface area contributed by atoms with Gasteiger partial charge in [0.2, 0.25) is 0 Å². The van der Waals surface area contributed by atoms with Crippen LogP contribution in [0.25, 0.3) is 10.1 Å². The van der Waals surface area contributed by atoms with Gasteiger partial charge in [-0.2, -0.15) is 0 Å². The molecule has 0 radical (unpaired) electrons.